The van der Waals surface area contributed by atoms with Crippen molar-refractivity contribution in [1.82, 2.24) is 34.7 Å². The van der Waals surface area contributed by atoms with E-state index < -0.39 is 0 Å². The third kappa shape index (κ3) is 3.62. The Hall–Kier alpha value is -3.55. The number of nitrogens with one attached hydrogen (secondary N) is 1. The highest BCUT2D eigenvalue weighted by Gasteiger charge is 2.13. The maximum Gasteiger partial charge on any atom is 0.254 e. The fraction of sp³-hybridized carbons (Fsp3) is 0.250. The second kappa shape index (κ2) is 7.59. The molecule has 4 aromatic heterocycles. The Morgan fingerprint density at radius 2 is 2.00 bits per heavy atom. The van der Waals surface area contributed by atoms with Crippen molar-refractivity contribution in [3.05, 3.63) is 66.0 Å². The summed E-state index contributed by atoms with van der Waals surface area (Å²) in [5, 5.41) is 11.8. The standard InChI is InChI=1S/C20H21N7O/c1-3-26-13-17(14(2)24-26)20(28)22-10-6-16-12-19-23-18(7-11-27(19)25-16)15-4-8-21-9-5-15/h4-5,7-9,11-13H,3,6,10H2,1-2H3,(H,22,28). The second-order valence-electron chi connectivity index (χ2n) is 6.48. The first kappa shape index (κ1) is 17.8. The zero-order chi connectivity index (χ0) is 19.5. The molecule has 0 saturated heterocycles. The van der Waals surface area contributed by atoms with Crippen molar-refractivity contribution in [2.75, 3.05) is 6.54 Å². The number of fused-ring (bicyclic) bond motifs is 1. The van der Waals surface area contributed by atoms with Crippen molar-refractivity contribution in [3.8, 4) is 11.3 Å². The molecular weight excluding hydrogens is 354 g/mol. The average molecular weight is 375 g/mol. The van der Waals surface area contributed by atoms with Gasteiger partial charge in [0.2, 0.25) is 0 Å². The molecule has 0 atom stereocenters. The fourth-order valence-corrected chi connectivity index (χ4v) is 3.04. The topological polar surface area (TPSA) is 90.0 Å². The lowest BCUT2D eigenvalue weighted by Crippen LogP contribution is -2.26. The Morgan fingerprint density at radius 1 is 1.18 bits per heavy atom. The summed E-state index contributed by atoms with van der Waals surface area (Å²) in [5.41, 5.74) is 4.88. The van der Waals surface area contributed by atoms with E-state index in [1.165, 1.54) is 0 Å². The number of rotatable bonds is 6. The number of hydrogen-bond donors (Lipinski definition) is 1. The molecule has 28 heavy (non-hydrogen) atoms. The first-order valence-corrected chi connectivity index (χ1v) is 9.22. The van der Waals surface area contributed by atoms with Crippen molar-refractivity contribution in [2.24, 2.45) is 0 Å². The fourth-order valence-electron chi connectivity index (χ4n) is 3.04. The largest absolute Gasteiger partial charge is 0.352 e. The average Bonchev–Trinajstić information content (AvgIpc) is 3.30. The molecule has 8 heteroatoms. The maximum atomic E-state index is 12.4. The van der Waals surface area contributed by atoms with Gasteiger partial charge in [0.25, 0.3) is 5.91 Å². The van der Waals surface area contributed by atoms with Crippen molar-refractivity contribution < 1.29 is 4.79 Å². The first-order chi connectivity index (χ1) is 13.6. The van der Waals surface area contributed by atoms with Crippen LogP contribution in [0, 0.1) is 6.92 Å². The van der Waals surface area contributed by atoms with Crippen molar-refractivity contribution >= 4 is 11.6 Å². The molecule has 0 fully saturated rings. The SMILES string of the molecule is CCn1cc(C(=O)NCCc2cc3nc(-c4ccncc4)ccn3n2)c(C)n1. The molecule has 142 valence electrons. The van der Waals surface area contributed by atoms with Gasteiger partial charge in [-0.05, 0) is 32.0 Å². The van der Waals surface area contributed by atoms with Gasteiger partial charge in [0.1, 0.15) is 0 Å². The van der Waals surface area contributed by atoms with Crippen LogP contribution in [-0.4, -0.2) is 41.8 Å². The molecule has 0 saturated carbocycles. The van der Waals surface area contributed by atoms with E-state index in [-0.39, 0.29) is 5.91 Å². The number of aromatic nitrogens is 6. The lowest BCUT2D eigenvalue weighted by Gasteiger charge is -2.02. The second-order valence-corrected chi connectivity index (χ2v) is 6.48. The molecule has 0 aliphatic heterocycles. The van der Waals surface area contributed by atoms with Crippen molar-refractivity contribution in [1.29, 1.82) is 0 Å². The molecule has 0 aromatic carbocycles. The van der Waals surface area contributed by atoms with E-state index in [9.17, 15) is 4.79 Å². The van der Waals surface area contributed by atoms with Crippen LogP contribution in [-0.2, 0) is 13.0 Å². The van der Waals surface area contributed by atoms with Crippen LogP contribution in [0.25, 0.3) is 16.9 Å². The van der Waals surface area contributed by atoms with Crippen LogP contribution in [0.1, 0.15) is 28.7 Å². The summed E-state index contributed by atoms with van der Waals surface area (Å²) in [6, 6.07) is 7.72. The quantitative estimate of drug-likeness (QED) is 0.558. The van der Waals surface area contributed by atoms with Gasteiger partial charge < -0.3 is 5.32 Å². The summed E-state index contributed by atoms with van der Waals surface area (Å²) in [6.07, 6.45) is 7.79. The Morgan fingerprint density at radius 3 is 2.75 bits per heavy atom. The van der Waals surface area contributed by atoms with Gasteiger partial charge in [0.15, 0.2) is 5.65 Å². The van der Waals surface area contributed by atoms with Gasteiger partial charge in [-0.2, -0.15) is 10.2 Å². The van der Waals surface area contributed by atoms with Crippen LogP contribution in [0.5, 0.6) is 0 Å². The summed E-state index contributed by atoms with van der Waals surface area (Å²) < 4.78 is 3.51. The molecule has 0 aliphatic rings. The predicted octanol–water partition coefficient (Wildman–Crippen LogP) is 2.29. The van der Waals surface area contributed by atoms with Gasteiger partial charge in [-0.25, -0.2) is 9.50 Å². The lowest BCUT2D eigenvalue weighted by molar-refractivity contribution is 0.0953. The predicted molar refractivity (Wildman–Crippen MR) is 105 cm³/mol. The number of amides is 1. The van der Waals surface area contributed by atoms with E-state index >= 15 is 0 Å². The normalized spacial score (nSPS) is 11.1. The third-order valence-electron chi connectivity index (χ3n) is 4.53. The maximum absolute atomic E-state index is 12.4. The Kier molecular flexibility index (Phi) is 4.84. The van der Waals surface area contributed by atoms with Crippen molar-refractivity contribution in [2.45, 2.75) is 26.8 Å². The minimum absolute atomic E-state index is 0.112. The van der Waals surface area contributed by atoms with E-state index in [2.05, 4.69) is 25.5 Å². The Balaban J connectivity index is 1.42. The van der Waals surface area contributed by atoms with Crippen LogP contribution < -0.4 is 5.32 Å². The summed E-state index contributed by atoms with van der Waals surface area (Å²) in [4.78, 5) is 21.0. The molecule has 4 aromatic rings. The smallest absolute Gasteiger partial charge is 0.254 e. The van der Waals surface area contributed by atoms with Gasteiger partial charge in [-0.15, -0.1) is 0 Å². The Bertz CT molecular complexity index is 1110. The van der Waals surface area contributed by atoms with Gasteiger partial charge in [-0.1, -0.05) is 0 Å². The number of nitrogens with zero attached hydrogens (tertiary/aromatic N) is 6. The van der Waals surface area contributed by atoms with Gasteiger partial charge in [-0.3, -0.25) is 14.5 Å². The minimum Gasteiger partial charge on any atom is -0.352 e. The summed E-state index contributed by atoms with van der Waals surface area (Å²) in [7, 11) is 0. The summed E-state index contributed by atoms with van der Waals surface area (Å²) in [6.45, 7) is 5.07. The van der Waals surface area contributed by atoms with E-state index in [1.54, 1.807) is 27.8 Å². The van der Waals surface area contributed by atoms with E-state index in [0.717, 1.165) is 34.8 Å². The number of hydrogen-bond acceptors (Lipinski definition) is 5. The first-order valence-electron chi connectivity index (χ1n) is 9.22. The lowest BCUT2D eigenvalue weighted by atomic mass is 10.2. The molecule has 4 heterocycles. The van der Waals surface area contributed by atoms with Crippen LogP contribution in [0.4, 0.5) is 0 Å². The molecule has 1 N–H and O–H groups in total. The molecule has 8 nitrogen and oxygen atoms in total. The highest BCUT2D eigenvalue weighted by molar-refractivity contribution is 5.95. The molecule has 0 unspecified atom stereocenters. The molecule has 0 spiro atoms. The highest BCUT2D eigenvalue weighted by atomic mass is 16.1. The third-order valence-corrected chi connectivity index (χ3v) is 4.53. The van der Waals surface area contributed by atoms with E-state index in [4.69, 9.17) is 0 Å². The van der Waals surface area contributed by atoms with Crippen LogP contribution in [0.3, 0.4) is 0 Å². The number of aryl methyl sites for hydroxylation is 2. The molecular formula is C20H21N7O. The number of carbonyl (C=O) groups excluding carboxylic acids is 1. The molecule has 0 bridgehead atoms. The zero-order valence-corrected chi connectivity index (χ0v) is 15.8. The summed E-state index contributed by atoms with van der Waals surface area (Å²) in [5.74, 6) is -0.112. The molecule has 4 rings (SSSR count). The monoisotopic (exact) mass is 375 g/mol. The molecule has 0 aliphatic carbocycles. The minimum atomic E-state index is -0.112. The van der Waals surface area contributed by atoms with Crippen LogP contribution >= 0.6 is 0 Å². The van der Waals surface area contributed by atoms with E-state index in [0.29, 0.717) is 18.5 Å². The number of carbonyl (C=O) groups is 1. The van der Waals surface area contributed by atoms with Gasteiger partial charge in [0, 0.05) is 55.9 Å². The van der Waals surface area contributed by atoms with Gasteiger partial charge >= 0.3 is 0 Å². The van der Waals surface area contributed by atoms with Crippen molar-refractivity contribution in [3.63, 3.8) is 0 Å². The van der Waals surface area contributed by atoms with Crippen LogP contribution in [0.15, 0.2) is 49.1 Å². The van der Waals surface area contributed by atoms with Crippen LogP contribution in [0.2, 0.25) is 0 Å². The molecule has 1 amide bonds. The van der Waals surface area contributed by atoms with Gasteiger partial charge in [0.05, 0.1) is 22.6 Å². The van der Waals surface area contributed by atoms with E-state index in [1.807, 2.05) is 44.3 Å². The summed E-state index contributed by atoms with van der Waals surface area (Å²) >= 11 is 0. The zero-order valence-electron chi connectivity index (χ0n) is 15.8. The Labute approximate surface area is 162 Å². The highest BCUT2D eigenvalue weighted by Crippen LogP contribution is 2.16. The number of pyridine rings is 1. The molecule has 0 radical (unpaired) electrons.